The first-order valence-corrected chi connectivity index (χ1v) is 9.19. The Labute approximate surface area is 163 Å². The largest absolute Gasteiger partial charge is 0.507 e. The number of carbonyl (C=O) groups excluding carboxylic acids is 2. The molecule has 27 heavy (non-hydrogen) atoms. The van der Waals surface area contributed by atoms with Gasteiger partial charge in [-0.3, -0.25) is 9.59 Å². The van der Waals surface area contributed by atoms with Gasteiger partial charge in [0, 0.05) is 11.4 Å². The van der Waals surface area contributed by atoms with Gasteiger partial charge in [0.2, 0.25) is 11.8 Å². The third-order valence-electron chi connectivity index (χ3n) is 3.97. The van der Waals surface area contributed by atoms with Crippen molar-refractivity contribution in [2.75, 3.05) is 4.90 Å². The molecule has 1 N–H and O–H groups in total. The molecule has 1 aromatic heterocycles. The Morgan fingerprint density at radius 1 is 1.11 bits per heavy atom. The average Bonchev–Trinajstić information content (AvgIpc) is 3.22. The normalized spacial score (nSPS) is 16.9. The molecule has 1 fully saturated rings. The summed E-state index contributed by atoms with van der Waals surface area (Å²) in [5.41, 5.74) is 0.867. The lowest BCUT2D eigenvalue weighted by atomic mass is 10.2. The second-order valence-corrected chi connectivity index (χ2v) is 7.34. The van der Waals surface area contributed by atoms with Crippen molar-refractivity contribution in [3.63, 3.8) is 0 Å². The molecule has 2 aromatic carbocycles. The highest BCUT2D eigenvalue weighted by atomic mass is 35.5. The maximum atomic E-state index is 12.7. The minimum absolute atomic E-state index is 0.0127. The van der Waals surface area contributed by atoms with E-state index in [-0.39, 0.29) is 35.1 Å². The van der Waals surface area contributed by atoms with E-state index in [1.165, 1.54) is 6.07 Å². The van der Waals surface area contributed by atoms with Gasteiger partial charge >= 0.3 is 0 Å². The first-order chi connectivity index (χ1) is 13.0. The van der Waals surface area contributed by atoms with Crippen molar-refractivity contribution in [1.82, 2.24) is 10.2 Å². The van der Waals surface area contributed by atoms with Gasteiger partial charge in [-0.25, -0.2) is 4.90 Å². The number of aromatic hydroxyl groups is 1. The molecular formula is C18H12ClN3O4S. The van der Waals surface area contributed by atoms with Gasteiger partial charge in [0.05, 0.1) is 11.3 Å². The number of anilines is 1. The number of halogens is 1. The maximum absolute atomic E-state index is 12.7. The number of hydrogen-bond donors (Lipinski definition) is 1. The molecule has 1 saturated heterocycles. The number of hydrogen-bond acceptors (Lipinski definition) is 7. The lowest BCUT2D eigenvalue weighted by Gasteiger charge is -2.14. The Balaban J connectivity index is 1.52. The number of phenols is 1. The standard InChI is InChI=1S/C18H12ClN3O4S/c19-10-5-7-11(8-6-10)22-15(24)9-14(17(22)25)27-18-21-20-16(26-18)12-3-1-2-4-13(12)23/h1-8,14,23H,9H2/t14-/m1/s1. The van der Waals surface area contributed by atoms with E-state index in [1.54, 1.807) is 42.5 Å². The Morgan fingerprint density at radius 3 is 2.59 bits per heavy atom. The molecule has 0 spiro atoms. The predicted molar refractivity (Wildman–Crippen MR) is 99.6 cm³/mol. The molecule has 7 nitrogen and oxygen atoms in total. The zero-order valence-corrected chi connectivity index (χ0v) is 15.3. The van der Waals surface area contributed by atoms with E-state index in [2.05, 4.69) is 10.2 Å². The number of rotatable bonds is 4. The number of carbonyl (C=O) groups is 2. The highest BCUT2D eigenvalue weighted by molar-refractivity contribution is 8.00. The zero-order chi connectivity index (χ0) is 19.0. The molecule has 4 rings (SSSR count). The molecule has 9 heteroatoms. The van der Waals surface area contributed by atoms with Gasteiger partial charge in [-0.15, -0.1) is 10.2 Å². The smallest absolute Gasteiger partial charge is 0.277 e. The Kier molecular flexibility index (Phi) is 4.59. The molecule has 136 valence electrons. The third kappa shape index (κ3) is 3.41. The zero-order valence-electron chi connectivity index (χ0n) is 13.7. The van der Waals surface area contributed by atoms with Crippen molar-refractivity contribution in [3.8, 4) is 17.2 Å². The molecule has 0 radical (unpaired) electrons. The minimum atomic E-state index is -0.661. The Hall–Kier alpha value is -2.84. The van der Waals surface area contributed by atoms with Crippen molar-refractivity contribution in [2.24, 2.45) is 0 Å². The van der Waals surface area contributed by atoms with Gasteiger partial charge in [-0.1, -0.05) is 35.5 Å². The molecule has 0 bridgehead atoms. The summed E-state index contributed by atoms with van der Waals surface area (Å²) in [6.45, 7) is 0. The first kappa shape index (κ1) is 17.6. The van der Waals surface area contributed by atoms with Crippen LogP contribution in [0.2, 0.25) is 5.02 Å². The number of amides is 2. The number of imide groups is 1. The van der Waals surface area contributed by atoms with Crippen molar-refractivity contribution in [3.05, 3.63) is 53.6 Å². The highest BCUT2D eigenvalue weighted by Gasteiger charge is 2.41. The fourth-order valence-electron chi connectivity index (χ4n) is 2.70. The molecular weight excluding hydrogens is 390 g/mol. The van der Waals surface area contributed by atoms with E-state index in [1.807, 2.05) is 0 Å². The lowest BCUT2D eigenvalue weighted by molar-refractivity contribution is -0.121. The molecule has 0 unspecified atom stereocenters. The van der Waals surface area contributed by atoms with Crippen LogP contribution in [0.4, 0.5) is 5.69 Å². The molecule has 2 amide bonds. The number of nitrogens with zero attached hydrogens (tertiary/aromatic N) is 3. The van der Waals surface area contributed by atoms with E-state index in [4.69, 9.17) is 16.0 Å². The SMILES string of the molecule is O=C1C[C@@H](Sc2nnc(-c3ccccc3O)o2)C(=O)N1c1ccc(Cl)cc1. The maximum Gasteiger partial charge on any atom is 0.277 e. The van der Waals surface area contributed by atoms with Crippen LogP contribution < -0.4 is 4.90 Å². The summed E-state index contributed by atoms with van der Waals surface area (Å²) in [7, 11) is 0. The van der Waals surface area contributed by atoms with Crippen LogP contribution in [0.1, 0.15) is 6.42 Å². The van der Waals surface area contributed by atoms with Crippen molar-refractivity contribution in [1.29, 1.82) is 0 Å². The van der Waals surface area contributed by atoms with Crippen LogP contribution in [0.15, 0.2) is 58.2 Å². The number of aromatic nitrogens is 2. The molecule has 3 aromatic rings. The monoisotopic (exact) mass is 401 g/mol. The Morgan fingerprint density at radius 2 is 1.85 bits per heavy atom. The summed E-state index contributed by atoms with van der Waals surface area (Å²) in [5.74, 6) is -0.504. The molecule has 1 aliphatic heterocycles. The molecule has 2 heterocycles. The van der Waals surface area contributed by atoms with E-state index in [0.717, 1.165) is 16.7 Å². The summed E-state index contributed by atoms with van der Waals surface area (Å²) < 4.78 is 5.53. The summed E-state index contributed by atoms with van der Waals surface area (Å²) in [5, 5.41) is 17.7. The van der Waals surface area contributed by atoms with E-state index in [9.17, 15) is 14.7 Å². The minimum Gasteiger partial charge on any atom is -0.507 e. The van der Waals surface area contributed by atoms with E-state index in [0.29, 0.717) is 16.3 Å². The number of thioether (sulfide) groups is 1. The summed E-state index contributed by atoms with van der Waals surface area (Å²) >= 11 is 6.88. The van der Waals surface area contributed by atoms with Crippen molar-refractivity contribution >= 4 is 40.9 Å². The van der Waals surface area contributed by atoms with E-state index < -0.39 is 5.25 Å². The van der Waals surface area contributed by atoms with Gasteiger partial charge < -0.3 is 9.52 Å². The molecule has 1 aliphatic rings. The average molecular weight is 402 g/mol. The van der Waals surface area contributed by atoms with Gasteiger partial charge in [0.25, 0.3) is 11.1 Å². The number of benzene rings is 2. The van der Waals surface area contributed by atoms with Crippen molar-refractivity contribution < 1.29 is 19.1 Å². The fraction of sp³-hybridized carbons (Fsp3) is 0.111. The number of phenolic OH excluding ortho intramolecular Hbond substituents is 1. The predicted octanol–water partition coefficient (Wildman–Crippen LogP) is 3.52. The highest BCUT2D eigenvalue weighted by Crippen LogP contribution is 2.35. The van der Waals surface area contributed by atoms with Crippen LogP contribution >= 0.6 is 23.4 Å². The van der Waals surface area contributed by atoms with Crippen LogP contribution in [0, 0.1) is 0 Å². The van der Waals surface area contributed by atoms with Gasteiger partial charge in [0.15, 0.2) is 0 Å². The second kappa shape index (κ2) is 7.05. The van der Waals surface area contributed by atoms with Gasteiger partial charge in [0.1, 0.15) is 11.0 Å². The fourth-order valence-corrected chi connectivity index (χ4v) is 3.72. The first-order valence-electron chi connectivity index (χ1n) is 7.94. The summed E-state index contributed by atoms with van der Waals surface area (Å²) in [6.07, 6.45) is 0.0282. The lowest BCUT2D eigenvalue weighted by Crippen LogP contribution is -2.31. The molecule has 0 saturated carbocycles. The summed E-state index contributed by atoms with van der Waals surface area (Å²) in [4.78, 5) is 26.1. The second-order valence-electron chi connectivity index (χ2n) is 5.74. The van der Waals surface area contributed by atoms with Crippen LogP contribution in [-0.2, 0) is 9.59 Å². The van der Waals surface area contributed by atoms with Crippen LogP contribution in [0.3, 0.4) is 0 Å². The molecule has 0 aliphatic carbocycles. The number of para-hydroxylation sites is 1. The van der Waals surface area contributed by atoms with Crippen molar-refractivity contribution in [2.45, 2.75) is 16.9 Å². The molecule has 1 atom stereocenters. The van der Waals surface area contributed by atoms with Crippen LogP contribution in [0.5, 0.6) is 5.75 Å². The topological polar surface area (TPSA) is 96.5 Å². The Bertz CT molecular complexity index is 1020. The van der Waals surface area contributed by atoms with Gasteiger partial charge in [-0.2, -0.15) is 0 Å². The third-order valence-corrected chi connectivity index (χ3v) is 5.25. The van der Waals surface area contributed by atoms with E-state index >= 15 is 0 Å². The van der Waals surface area contributed by atoms with Gasteiger partial charge in [-0.05, 0) is 36.4 Å². The summed E-state index contributed by atoms with van der Waals surface area (Å²) in [6, 6.07) is 13.0. The quantitative estimate of drug-likeness (QED) is 0.668. The van der Waals surface area contributed by atoms with Crippen LogP contribution in [-0.4, -0.2) is 32.4 Å². The van der Waals surface area contributed by atoms with Crippen LogP contribution in [0.25, 0.3) is 11.5 Å².